The first-order chi connectivity index (χ1) is 16.0. The van der Waals surface area contributed by atoms with Gasteiger partial charge in [-0.3, -0.25) is 4.79 Å². The Morgan fingerprint density at radius 3 is 2.24 bits per heavy atom. The second-order valence-electron chi connectivity index (χ2n) is 8.28. The maximum Gasteiger partial charge on any atom is 0.255 e. The van der Waals surface area contributed by atoms with Crippen molar-refractivity contribution < 1.29 is 22.7 Å². The van der Waals surface area contributed by atoms with Crippen molar-refractivity contribution in [2.24, 2.45) is 0 Å². The summed E-state index contributed by atoms with van der Waals surface area (Å²) in [4.78, 5) is 15.3. The third-order valence-electron chi connectivity index (χ3n) is 6.11. The van der Waals surface area contributed by atoms with Gasteiger partial charge in [0.05, 0.1) is 20.3 Å². The van der Waals surface area contributed by atoms with Crippen molar-refractivity contribution in [3.05, 3.63) is 48.0 Å². The highest BCUT2D eigenvalue weighted by Crippen LogP contribution is 2.29. The molecule has 0 unspecified atom stereocenters. The second kappa shape index (κ2) is 10.5. The molecule has 1 N–H and O–H groups in total. The number of rotatable bonds is 6. The van der Waals surface area contributed by atoms with Crippen LogP contribution in [0.2, 0.25) is 0 Å². The SMILES string of the molecule is COc1ccc(C(=O)Nc2ccc(N3CCCCCC3)cc2)cc1S(=O)(=O)N1CCOCC1. The number of morpholine rings is 1. The fourth-order valence-electron chi connectivity index (χ4n) is 4.23. The van der Waals surface area contributed by atoms with E-state index < -0.39 is 10.0 Å². The van der Waals surface area contributed by atoms with Gasteiger partial charge in [-0.25, -0.2) is 8.42 Å². The Morgan fingerprint density at radius 2 is 1.61 bits per heavy atom. The summed E-state index contributed by atoms with van der Waals surface area (Å²) in [5.41, 5.74) is 2.06. The van der Waals surface area contributed by atoms with Crippen molar-refractivity contribution in [2.45, 2.75) is 30.6 Å². The number of hydrogen-bond donors (Lipinski definition) is 1. The van der Waals surface area contributed by atoms with Crippen molar-refractivity contribution in [1.29, 1.82) is 0 Å². The Bertz CT molecular complexity index is 1060. The van der Waals surface area contributed by atoms with Gasteiger partial charge in [0.25, 0.3) is 5.91 Å². The van der Waals surface area contributed by atoms with E-state index in [9.17, 15) is 13.2 Å². The average Bonchev–Trinajstić information content (AvgIpc) is 3.14. The van der Waals surface area contributed by atoms with Crippen LogP contribution >= 0.6 is 0 Å². The summed E-state index contributed by atoms with van der Waals surface area (Å²) in [5, 5.41) is 2.87. The maximum atomic E-state index is 13.2. The molecule has 0 aliphatic carbocycles. The molecule has 2 aliphatic rings. The lowest BCUT2D eigenvalue weighted by molar-refractivity contribution is 0.0729. The highest BCUT2D eigenvalue weighted by atomic mass is 32.2. The molecule has 2 fully saturated rings. The molecule has 8 nitrogen and oxygen atoms in total. The van der Waals surface area contributed by atoms with Crippen LogP contribution in [0.1, 0.15) is 36.0 Å². The third kappa shape index (κ3) is 5.48. The lowest BCUT2D eigenvalue weighted by atomic mass is 10.2. The van der Waals surface area contributed by atoms with Gasteiger partial charge in [0.2, 0.25) is 10.0 Å². The molecule has 2 saturated heterocycles. The quantitative estimate of drug-likeness (QED) is 0.692. The number of methoxy groups -OCH3 is 1. The Balaban J connectivity index is 1.50. The molecule has 0 radical (unpaired) electrons. The molecule has 0 saturated carbocycles. The molecule has 9 heteroatoms. The molecule has 4 rings (SSSR count). The molecule has 0 aromatic heterocycles. The predicted octanol–water partition coefficient (Wildman–Crippen LogP) is 3.35. The molecule has 0 atom stereocenters. The van der Waals surface area contributed by atoms with Gasteiger partial charge in [-0.05, 0) is 55.3 Å². The van der Waals surface area contributed by atoms with Crippen molar-refractivity contribution in [2.75, 3.05) is 56.7 Å². The standard InChI is InChI=1S/C24H31N3O5S/c1-31-22-11-6-19(18-23(22)33(29,30)27-14-16-32-17-15-27)24(28)25-20-7-9-21(10-8-20)26-12-4-2-3-5-13-26/h6-11,18H,2-5,12-17H2,1H3,(H,25,28). The number of benzene rings is 2. The normalized spacial score (nSPS) is 17.9. The van der Waals surface area contributed by atoms with Crippen LogP contribution in [0.25, 0.3) is 0 Å². The minimum atomic E-state index is -3.81. The van der Waals surface area contributed by atoms with Crippen LogP contribution in [0.3, 0.4) is 0 Å². The molecule has 1 amide bonds. The lowest BCUT2D eigenvalue weighted by Crippen LogP contribution is -2.40. The first kappa shape index (κ1) is 23.5. The van der Waals surface area contributed by atoms with E-state index in [1.807, 2.05) is 24.3 Å². The Kier molecular flexibility index (Phi) is 7.52. The largest absolute Gasteiger partial charge is 0.495 e. The maximum absolute atomic E-state index is 13.2. The number of anilines is 2. The fraction of sp³-hybridized carbons (Fsp3) is 0.458. The van der Waals surface area contributed by atoms with Crippen molar-refractivity contribution in [3.63, 3.8) is 0 Å². The summed E-state index contributed by atoms with van der Waals surface area (Å²) in [7, 11) is -2.40. The minimum Gasteiger partial charge on any atom is -0.495 e. The molecule has 0 bridgehead atoms. The van der Waals surface area contributed by atoms with Crippen LogP contribution < -0.4 is 15.0 Å². The zero-order valence-corrected chi connectivity index (χ0v) is 19.8. The second-order valence-corrected chi connectivity index (χ2v) is 10.2. The summed E-state index contributed by atoms with van der Waals surface area (Å²) in [6.07, 6.45) is 4.95. The van der Waals surface area contributed by atoms with Gasteiger partial charge in [0.1, 0.15) is 10.6 Å². The van der Waals surface area contributed by atoms with E-state index in [0.29, 0.717) is 18.9 Å². The van der Waals surface area contributed by atoms with Crippen LogP contribution in [0.4, 0.5) is 11.4 Å². The van der Waals surface area contributed by atoms with Crippen LogP contribution in [0.15, 0.2) is 47.4 Å². The molecule has 2 aliphatic heterocycles. The van der Waals surface area contributed by atoms with E-state index in [-0.39, 0.29) is 35.2 Å². The number of ether oxygens (including phenoxy) is 2. The molecule has 0 spiro atoms. The van der Waals surface area contributed by atoms with Crippen molar-refractivity contribution >= 4 is 27.3 Å². The Labute approximate surface area is 195 Å². The lowest BCUT2D eigenvalue weighted by Gasteiger charge is -2.26. The molecule has 2 aromatic rings. The van der Waals surface area contributed by atoms with Gasteiger partial charge >= 0.3 is 0 Å². The van der Waals surface area contributed by atoms with Gasteiger partial charge in [-0.1, -0.05) is 12.8 Å². The number of carbonyl (C=O) groups excluding carboxylic acids is 1. The first-order valence-electron chi connectivity index (χ1n) is 11.4. The summed E-state index contributed by atoms with van der Waals surface area (Å²) >= 11 is 0. The minimum absolute atomic E-state index is 0.0175. The van der Waals surface area contributed by atoms with E-state index in [1.54, 1.807) is 6.07 Å². The Hall–Kier alpha value is -2.62. The molecule has 2 aromatic carbocycles. The number of hydrogen-bond acceptors (Lipinski definition) is 6. The van der Waals surface area contributed by atoms with Crippen LogP contribution in [-0.2, 0) is 14.8 Å². The predicted molar refractivity (Wildman–Crippen MR) is 128 cm³/mol. The van der Waals surface area contributed by atoms with Crippen LogP contribution in [-0.4, -0.2) is 65.1 Å². The number of nitrogens with one attached hydrogen (secondary N) is 1. The molecular formula is C24H31N3O5S. The summed E-state index contributed by atoms with van der Waals surface area (Å²) < 4.78 is 38.2. The Morgan fingerprint density at radius 1 is 0.939 bits per heavy atom. The molecule has 178 valence electrons. The van der Waals surface area contributed by atoms with Gasteiger partial charge in [0, 0.05) is 43.1 Å². The summed E-state index contributed by atoms with van der Waals surface area (Å²) in [5.74, 6) is -0.168. The van der Waals surface area contributed by atoms with E-state index >= 15 is 0 Å². The third-order valence-corrected chi connectivity index (χ3v) is 8.03. The highest BCUT2D eigenvalue weighted by Gasteiger charge is 2.30. The number of amides is 1. The molecule has 33 heavy (non-hydrogen) atoms. The van der Waals surface area contributed by atoms with Gasteiger partial charge in [-0.15, -0.1) is 0 Å². The topological polar surface area (TPSA) is 88.2 Å². The van der Waals surface area contributed by atoms with Crippen LogP contribution in [0, 0.1) is 0 Å². The summed E-state index contributed by atoms with van der Waals surface area (Å²) in [6.45, 7) is 3.33. The van der Waals surface area contributed by atoms with Crippen molar-refractivity contribution in [3.8, 4) is 5.75 Å². The van der Waals surface area contributed by atoms with Crippen molar-refractivity contribution in [1.82, 2.24) is 4.31 Å². The monoisotopic (exact) mass is 473 g/mol. The van der Waals surface area contributed by atoms with E-state index in [4.69, 9.17) is 9.47 Å². The first-order valence-corrected chi connectivity index (χ1v) is 12.9. The number of nitrogens with zero attached hydrogens (tertiary/aromatic N) is 2. The van der Waals surface area contributed by atoms with E-state index in [0.717, 1.165) is 18.8 Å². The number of carbonyl (C=O) groups is 1. The molecule has 2 heterocycles. The molecular weight excluding hydrogens is 442 g/mol. The van der Waals surface area contributed by atoms with Gasteiger partial charge < -0.3 is 19.7 Å². The van der Waals surface area contributed by atoms with Crippen LogP contribution in [0.5, 0.6) is 5.75 Å². The fourth-order valence-corrected chi connectivity index (χ4v) is 5.82. The zero-order chi connectivity index (χ0) is 23.3. The zero-order valence-electron chi connectivity index (χ0n) is 19.0. The highest BCUT2D eigenvalue weighted by molar-refractivity contribution is 7.89. The number of sulfonamides is 1. The average molecular weight is 474 g/mol. The van der Waals surface area contributed by atoms with E-state index in [1.165, 1.54) is 49.2 Å². The smallest absolute Gasteiger partial charge is 0.255 e. The summed E-state index contributed by atoms with van der Waals surface area (Å²) in [6, 6.07) is 12.3. The van der Waals surface area contributed by atoms with Gasteiger partial charge in [0.15, 0.2) is 0 Å². The van der Waals surface area contributed by atoms with Gasteiger partial charge in [-0.2, -0.15) is 4.31 Å². The van der Waals surface area contributed by atoms with E-state index in [2.05, 4.69) is 10.2 Å².